The number of aliphatic carboxylic acids is 1. The molecular formula is C11H20N2O4. The highest BCUT2D eigenvalue weighted by Gasteiger charge is 2.25. The number of hydrogen-bond acceptors (Lipinski definition) is 4. The fraction of sp³-hybridized carbons (Fsp3) is 0.818. The van der Waals surface area contributed by atoms with Gasteiger partial charge in [0.15, 0.2) is 6.04 Å². The number of amides is 1. The van der Waals surface area contributed by atoms with Crippen LogP contribution in [-0.2, 0) is 14.3 Å². The average Bonchev–Trinajstić information content (AvgIpc) is 2.35. The van der Waals surface area contributed by atoms with E-state index in [9.17, 15) is 9.59 Å². The van der Waals surface area contributed by atoms with Crippen LogP contribution in [0.1, 0.15) is 19.3 Å². The zero-order valence-corrected chi connectivity index (χ0v) is 10.1. The maximum atomic E-state index is 11.6. The van der Waals surface area contributed by atoms with Crippen LogP contribution in [0.5, 0.6) is 0 Å². The van der Waals surface area contributed by atoms with Gasteiger partial charge in [0, 0.05) is 26.8 Å². The minimum absolute atomic E-state index is 0.537. The molecule has 6 heteroatoms. The van der Waals surface area contributed by atoms with Gasteiger partial charge >= 0.3 is 5.97 Å². The van der Waals surface area contributed by atoms with Crippen molar-refractivity contribution in [3.8, 4) is 0 Å². The van der Waals surface area contributed by atoms with Gasteiger partial charge in [-0.15, -0.1) is 0 Å². The van der Waals surface area contributed by atoms with Crippen molar-refractivity contribution in [2.24, 2.45) is 11.7 Å². The molecule has 1 saturated heterocycles. The summed E-state index contributed by atoms with van der Waals surface area (Å²) < 4.78 is 5.25. The fourth-order valence-corrected chi connectivity index (χ4v) is 1.86. The van der Waals surface area contributed by atoms with E-state index in [1.807, 2.05) is 0 Å². The Bertz CT molecular complexity index is 277. The second-order valence-electron chi connectivity index (χ2n) is 4.42. The van der Waals surface area contributed by atoms with E-state index in [2.05, 4.69) is 0 Å². The average molecular weight is 244 g/mol. The molecule has 17 heavy (non-hydrogen) atoms. The summed E-state index contributed by atoms with van der Waals surface area (Å²) >= 11 is 0. The zero-order valence-electron chi connectivity index (χ0n) is 10.1. The van der Waals surface area contributed by atoms with Crippen LogP contribution >= 0.6 is 0 Å². The van der Waals surface area contributed by atoms with E-state index in [1.165, 1.54) is 4.90 Å². The molecule has 0 aromatic rings. The van der Waals surface area contributed by atoms with Gasteiger partial charge in [-0.2, -0.15) is 0 Å². The molecular weight excluding hydrogens is 224 g/mol. The number of carboxylic acids is 1. The first-order chi connectivity index (χ1) is 8.02. The summed E-state index contributed by atoms with van der Waals surface area (Å²) in [7, 11) is 1.59. The summed E-state index contributed by atoms with van der Waals surface area (Å²) in [6.07, 6.45) is 2.89. The summed E-state index contributed by atoms with van der Waals surface area (Å²) in [6, 6.07) is -1.45. The van der Waals surface area contributed by atoms with E-state index in [1.54, 1.807) is 7.05 Å². The van der Waals surface area contributed by atoms with E-state index in [0.717, 1.165) is 32.5 Å². The second kappa shape index (κ2) is 6.56. The monoisotopic (exact) mass is 244 g/mol. The molecule has 1 rings (SSSR count). The fourth-order valence-electron chi connectivity index (χ4n) is 1.86. The van der Waals surface area contributed by atoms with Crippen molar-refractivity contribution in [1.29, 1.82) is 0 Å². The van der Waals surface area contributed by atoms with Crippen LogP contribution in [0.2, 0.25) is 0 Å². The first-order valence-electron chi connectivity index (χ1n) is 5.83. The quantitative estimate of drug-likeness (QED) is 0.646. The first-order valence-corrected chi connectivity index (χ1v) is 5.83. The van der Waals surface area contributed by atoms with Gasteiger partial charge in [0.1, 0.15) is 0 Å². The molecule has 0 aromatic heterocycles. The maximum Gasteiger partial charge on any atom is 0.330 e. The molecule has 1 aliphatic rings. The van der Waals surface area contributed by atoms with E-state index in [4.69, 9.17) is 15.6 Å². The summed E-state index contributed by atoms with van der Waals surface area (Å²) in [5.41, 5.74) is 5.26. The molecule has 0 bridgehead atoms. The normalized spacial score (nSPS) is 18.7. The van der Waals surface area contributed by atoms with E-state index < -0.39 is 17.9 Å². The van der Waals surface area contributed by atoms with Gasteiger partial charge in [-0.1, -0.05) is 0 Å². The summed E-state index contributed by atoms with van der Waals surface area (Å²) in [4.78, 5) is 23.5. The Balaban J connectivity index is 2.30. The Labute approximate surface area is 101 Å². The lowest BCUT2D eigenvalue weighted by molar-refractivity contribution is -0.146. The molecule has 0 radical (unpaired) electrons. The van der Waals surface area contributed by atoms with Crippen molar-refractivity contribution < 1.29 is 19.4 Å². The van der Waals surface area contributed by atoms with Gasteiger partial charge in [0.25, 0.3) is 5.91 Å². The smallest absolute Gasteiger partial charge is 0.330 e. The molecule has 1 unspecified atom stereocenters. The molecule has 0 aromatic carbocycles. The molecule has 1 heterocycles. The molecule has 1 amide bonds. The predicted octanol–water partition coefficient (Wildman–Crippen LogP) is -0.327. The number of carbonyl (C=O) groups excluding carboxylic acids is 1. The molecule has 1 atom stereocenters. The minimum atomic E-state index is -1.45. The number of ether oxygens (including phenoxy) is 1. The van der Waals surface area contributed by atoms with Gasteiger partial charge in [0.05, 0.1) is 0 Å². The lowest BCUT2D eigenvalue weighted by Crippen LogP contribution is -2.47. The van der Waals surface area contributed by atoms with Crippen molar-refractivity contribution in [1.82, 2.24) is 4.90 Å². The molecule has 0 spiro atoms. The van der Waals surface area contributed by atoms with Crippen molar-refractivity contribution in [3.05, 3.63) is 0 Å². The number of likely N-dealkylation sites (N-methyl/N-ethyl adjacent to an activating group) is 1. The Kier molecular flexibility index (Phi) is 5.37. The molecule has 98 valence electrons. The molecule has 0 aliphatic carbocycles. The maximum absolute atomic E-state index is 11.6. The summed E-state index contributed by atoms with van der Waals surface area (Å²) in [5, 5.41) is 8.63. The van der Waals surface area contributed by atoms with Crippen LogP contribution in [0.4, 0.5) is 0 Å². The largest absolute Gasteiger partial charge is 0.480 e. The number of rotatable bonds is 5. The Morgan fingerprint density at radius 3 is 2.59 bits per heavy atom. The van der Waals surface area contributed by atoms with Crippen LogP contribution in [0.25, 0.3) is 0 Å². The van der Waals surface area contributed by atoms with Crippen LogP contribution in [0.3, 0.4) is 0 Å². The second-order valence-corrected chi connectivity index (χ2v) is 4.42. The van der Waals surface area contributed by atoms with Crippen molar-refractivity contribution in [3.63, 3.8) is 0 Å². The standard InChI is InChI=1S/C11H20N2O4/c1-13(10(14)9(12)11(15)16)5-2-8-3-6-17-7-4-8/h8-9H,2-7,12H2,1H3,(H,15,16). The van der Waals surface area contributed by atoms with Crippen LogP contribution < -0.4 is 5.73 Å². The Hall–Kier alpha value is -1.14. The Morgan fingerprint density at radius 1 is 1.47 bits per heavy atom. The van der Waals surface area contributed by atoms with Crippen LogP contribution in [-0.4, -0.2) is 54.7 Å². The zero-order chi connectivity index (χ0) is 12.8. The number of carbonyl (C=O) groups is 2. The number of carboxylic acid groups (broad SMARTS) is 1. The molecule has 1 fully saturated rings. The first kappa shape index (κ1) is 13.9. The van der Waals surface area contributed by atoms with Crippen LogP contribution in [0, 0.1) is 5.92 Å². The topological polar surface area (TPSA) is 92.9 Å². The van der Waals surface area contributed by atoms with E-state index in [-0.39, 0.29) is 0 Å². The van der Waals surface area contributed by atoms with Crippen molar-refractivity contribution >= 4 is 11.9 Å². The van der Waals surface area contributed by atoms with Crippen molar-refractivity contribution in [2.75, 3.05) is 26.8 Å². The van der Waals surface area contributed by atoms with Gasteiger partial charge in [0.2, 0.25) is 0 Å². The highest BCUT2D eigenvalue weighted by atomic mass is 16.5. The van der Waals surface area contributed by atoms with E-state index >= 15 is 0 Å². The van der Waals surface area contributed by atoms with E-state index in [0.29, 0.717) is 12.5 Å². The van der Waals surface area contributed by atoms with Gasteiger partial charge in [-0.3, -0.25) is 4.79 Å². The number of hydrogen-bond donors (Lipinski definition) is 2. The number of nitrogens with two attached hydrogens (primary N) is 1. The van der Waals surface area contributed by atoms with Gasteiger partial charge in [-0.05, 0) is 25.2 Å². The highest BCUT2D eigenvalue weighted by molar-refractivity contribution is 6.00. The molecule has 0 saturated carbocycles. The predicted molar refractivity (Wildman–Crippen MR) is 61.4 cm³/mol. The number of nitrogens with zero attached hydrogens (tertiary/aromatic N) is 1. The SMILES string of the molecule is CN(CCC1CCOCC1)C(=O)C(N)C(=O)O. The van der Waals surface area contributed by atoms with Crippen molar-refractivity contribution in [2.45, 2.75) is 25.3 Å². The summed E-state index contributed by atoms with van der Waals surface area (Å²) in [6.45, 7) is 2.10. The highest BCUT2D eigenvalue weighted by Crippen LogP contribution is 2.18. The molecule has 3 N–H and O–H groups in total. The summed E-state index contributed by atoms with van der Waals surface area (Å²) in [5.74, 6) is -1.27. The van der Waals surface area contributed by atoms with Gasteiger partial charge < -0.3 is 20.5 Å². The Morgan fingerprint density at radius 2 is 2.06 bits per heavy atom. The molecule has 1 aliphatic heterocycles. The third kappa shape index (κ3) is 4.32. The van der Waals surface area contributed by atoms with Crippen LogP contribution in [0.15, 0.2) is 0 Å². The molecule has 6 nitrogen and oxygen atoms in total. The van der Waals surface area contributed by atoms with Gasteiger partial charge in [-0.25, -0.2) is 4.79 Å². The minimum Gasteiger partial charge on any atom is -0.480 e. The lowest BCUT2D eigenvalue weighted by Gasteiger charge is -2.25. The third-order valence-electron chi connectivity index (χ3n) is 3.12. The lowest BCUT2D eigenvalue weighted by atomic mass is 9.96. The third-order valence-corrected chi connectivity index (χ3v) is 3.12.